The molecular formula is C21H25N3O6S. The molecule has 1 aliphatic heterocycles. The highest BCUT2D eigenvalue weighted by molar-refractivity contribution is 7.93. The van der Waals surface area contributed by atoms with Crippen LogP contribution < -0.4 is 24.6 Å². The predicted molar refractivity (Wildman–Crippen MR) is 116 cm³/mol. The number of methoxy groups -OCH3 is 1. The van der Waals surface area contributed by atoms with Crippen molar-refractivity contribution in [3.63, 3.8) is 0 Å². The first kappa shape index (κ1) is 22.4. The topological polar surface area (TPSA) is 114 Å². The van der Waals surface area contributed by atoms with E-state index in [1.54, 1.807) is 24.3 Å². The Hall–Kier alpha value is -3.27. The smallest absolute Gasteiger partial charge is 0.269 e. The molecule has 0 radical (unpaired) electrons. The zero-order chi connectivity index (χ0) is 22.6. The van der Waals surface area contributed by atoms with E-state index in [1.807, 2.05) is 13.8 Å². The summed E-state index contributed by atoms with van der Waals surface area (Å²) in [6, 6.07) is 10.9. The molecule has 0 aromatic heterocycles. The third-order valence-corrected chi connectivity index (χ3v) is 6.46. The first-order valence-electron chi connectivity index (χ1n) is 9.77. The standard InChI is InChI=1S/C21H25N3O6S/c1-14(2)30-18-10-7-16(13-19(18)29-3)21(26)23-22-20(25)15-5-8-17(9-6-15)24-11-4-12-31(24,27)28/h5-10,13-14H,4,11-12H2,1-3H3,(H,22,25)(H,23,26). The Morgan fingerprint density at radius 1 is 0.968 bits per heavy atom. The van der Waals surface area contributed by atoms with Gasteiger partial charge in [0.1, 0.15) is 0 Å². The van der Waals surface area contributed by atoms with Crippen molar-refractivity contribution in [1.29, 1.82) is 0 Å². The minimum absolute atomic E-state index is 0.0511. The molecule has 1 aliphatic rings. The Kier molecular flexibility index (Phi) is 6.69. The molecule has 0 unspecified atom stereocenters. The molecule has 2 N–H and O–H groups in total. The first-order chi connectivity index (χ1) is 14.7. The van der Waals surface area contributed by atoms with Gasteiger partial charge in [0.15, 0.2) is 11.5 Å². The molecule has 1 heterocycles. The van der Waals surface area contributed by atoms with E-state index in [0.717, 1.165) is 0 Å². The lowest BCUT2D eigenvalue weighted by molar-refractivity contribution is 0.0846. The average molecular weight is 448 g/mol. The zero-order valence-corrected chi connectivity index (χ0v) is 18.4. The molecular weight excluding hydrogens is 422 g/mol. The fourth-order valence-electron chi connectivity index (χ4n) is 3.13. The molecule has 0 spiro atoms. The lowest BCUT2D eigenvalue weighted by Crippen LogP contribution is -2.41. The van der Waals surface area contributed by atoms with E-state index in [0.29, 0.717) is 30.2 Å². The van der Waals surface area contributed by atoms with Crippen molar-refractivity contribution in [2.24, 2.45) is 0 Å². The summed E-state index contributed by atoms with van der Waals surface area (Å²) in [6.07, 6.45) is 0.524. The van der Waals surface area contributed by atoms with Crippen LogP contribution in [-0.4, -0.2) is 45.7 Å². The SMILES string of the molecule is COc1cc(C(=O)NNC(=O)c2ccc(N3CCCS3(=O)=O)cc2)ccc1OC(C)C. The van der Waals surface area contributed by atoms with Crippen LogP contribution in [0, 0.1) is 0 Å². The maximum atomic E-state index is 12.4. The Labute approximate surface area is 181 Å². The number of ether oxygens (including phenoxy) is 2. The van der Waals surface area contributed by atoms with Crippen LogP contribution in [0.15, 0.2) is 42.5 Å². The molecule has 1 saturated heterocycles. The highest BCUT2D eigenvalue weighted by atomic mass is 32.2. The Bertz CT molecular complexity index is 1070. The molecule has 0 aliphatic carbocycles. The number of hydrazine groups is 1. The van der Waals surface area contributed by atoms with Crippen LogP contribution in [-0.2, 0) is 10.0 Å². The highest BCUT2D eigenvalue weighted by Gasteiger charge is 2.28. The minimum atomic E-state index is -3.28. The van der Waals surface area contributed by atoms with Gasteiger partial charge in [-0.3, -0.25) is 24.7 Å². The van der Waals surface area contributed by atoms with Crippen molar-refractivity contribution in [2.45, 2.75) is 26.4 Å². The van der Waals surface area contributed by atoms with Gasteiger partial charge in [0, 0.05) is 17.7 Å². The van der Waals surface area contributed by atoms with E-state index in [9.17, 15) is 18.0 Å². The van der Waals surface area contributed by atoms with Crippen LogP contribution in [0.4, 0.5) is 5.69 Å². The lowest BCUT2D eigenvalue weighted by Gasteiger charge is -2.17. The number of amides is 2. The van der Waals surface area contributed by atoms with E-state index < -0.39 is 21.8 Å². The molecule has 9 nitrogen and oxygen atoms in total. The Balaban J connectivity index is 1.62. The van der Waals surface area contributed by atoms with E-state index >= 15 is 0 Å². The number of carbonyl (C=O) groups excluding carboxylic acids is 2. The number of hydrogen-bond donors (Lipinski definition) is 2. The Morgan fingerprint density at radius 3 is 2.13 bits per heavy atom. The van der Waals surface area contributed by atoms with Gasteiger partial charge in [-0.25, -0.2) is 8.42 Å². The van der Waals surface area contributed by atoms with Crippen LogP contribution in [0.1, 0.15) is 41.0 Å². The number of nitrogens with one attached hydrogen (secondary N) is 2. The Morgan fingerprint density at radius 2 is 1.58 bits per heavy atom. The summed E-state index contributed by atoms with van der Waals surface area (Å²) >= 11 is 0. The van der Waals surface area contributed by atoms with E-state index in [2.05, 4.69) is 10.9 Å². The van der Waals surface area contributed by atoms with Crippen molar-refractivity contribution in [2.75, 3.05) is 23.7 Å². The minimum Gasteiger partial charge on any atom is -0.493 e. The molecule has 2 aromatic carbocycles. The number of sulfonamides is 1. The molecule has 3 rings (SSSR count). The number of carbonyl (C=O) groups is 2. The van der Waals surface area contributed by atoms with E-state index in [1.165, 1.54) is 29.6 Å². The van der Waals surface area contributed by atoms with Gasteiger partial charge in [-0.2, -0.15) is 0 Å². The summed E-state index contributed by atoms with van der Waals surface area (Å²) in [6.45, 7) is 4.19. The summed E-state index contributed by atoms with van der Waals surface area (Å²) in [4.78, 5) is 24.7. The third kappa shape index (κ3) is 5.26. The lowest BCUT2D eigenvalue weighted by atomic mass is 10.2. The quantitative estimate of drug-likeness (QED) is 0.656. The molecule has 10 heteroatoms. The van der Waals surface area contributed by atoms with Gasteiger partial charge in [-0.15, -0.1) is 0 Å². The summed E-state index contributed by atoms with van der Waals surface area (Å²) in [5, 5.41) is 0. The van der Waals surface area contributed by atoms with E-state index in [4.69, 9.17) is 9.47 Å². The van der Waals surface area contributed by atoms with Crippen LogP contribution in [0.5, 0.6) is 11.5 Å². The van der Waals surface area contributed by atoms with Crippen LogP contribution in [0.2, 0.25) is 0 Å². The number of rotatable bonds is 6. The molecule has 0 bridgehead atoms. The van der Waals surface area contributed by atoms with Gasteiger partial charge < -0.3 is 9.47 Å². The van der Waals surface area contributed by atoms with E-state index in [-0.39, 0.29) is 23.0 Å². The largest absolute Gasteiger partial charge is 0.493 e. The monoisotopic (exact) mass is 447 g/mol. The average Bonchev–Trinajstić information content (AvgIpc) is 3.10. The molecule has 2 amide bonds. The predicted octanol–water partition coefficient (Wildman–Crippen LogP) is 2.10. The highest BCUT2D eigenvalue weighted by Crippen LogP contribution is 2.29. The fraction of sp³-hybridized carbons (Fsp3) is 0.333. The van der Waals surface area contributed by atoms with Gasteiger partial charge in [-0.1, -0.05) is 0 Å². The van der Waals surface area contributed by atoms with Crippen molar-refractivity contribution in [3.8, 4) is 11.5 Å². The summed E-state index contributed by atoms with van der Waals surface area (Å²) in [5.41, 5.74) is 5.76. The summed E-state index contributed by atoms with van der Waals surface area (Å²) in [5.74, 6) is -0.0202. The van der Waals surface area contributed by atoms with Crippen molar-refractivity contribution in [3.05, 3.63) is 53.6 Å². The number of anilines is 1. The van der Waals surface area contributed by atoms with Gasteiger partial charge in [0.05, 0.1) is 24.7 Å². The second-order valence-electron chi connectivity index (χ2n) is 7.23. The second-order valence-corrected chi connectivity index (χ2v) is 9.24. The zero-order valence-electron chi connectivity index (χ0n) is 17.5. The van der Waals surface area contributed by atoms with Crippen molar-refractivity contribution < 1.29 is 27.5 Å². The van der Waals surface area contributed by atoms with Gasteiger partial charge in [0.25, 0.3) is 11.8 Å². The molecule has 2 aromatic rings. The fourth-order valence-corrected chi connectivity index (χ4v) is 4.69. The number of nitrogens with zero attached hydrogens (tertiary/aromatic N) is 1. The van der Waals surface area contributed by atoms with Gasteiger partial charge >= 0.3 is 0 Å². The van der Waals surface area contributed by atoms with Crippen LogP contribution in [0.3, 0.4) is 0 Å². The second kappa shape index (κ2) is 9.25. The molecule has 166 valence electrons. The maximum absolute atomic E-state index is 12.4. The normalized spacial score (nSPS) is 14.9. The summed E-state index contributed by atoms with van der Waals surface area (Å²) < 4.78 is 36.2. The van der Waals surface area contributed by atoms with Gasteiger partial charge in [-0.05, 0) is 62.7 Å². The maximum Gasteiger partial charge on any atom is 0.269 e. The molecule has 31 heavy (non-hydrogen) atoms. The molecule has 0 atom stereocenters. The summed E-state index contributed by atoms with van der Waals surface area (Å²) in [7, 11) is -1.81. The van der Waals surface area contributed by atoms with Gasteiger partial charge in [0.2, 0.25) is 10.0 Å². The molecule has 0 saturated carbocycles. The number of benzene rings is 2. The third-order valence-electron chi connectivity index (χ3n) is 4.59. The van der Waals surface area contributed by atoms with Crippen molar-refractivity contribution >= 4 is 27.5 Å². The molecule has 1 fully saturated rings. The van der Waals surface area contributed by atoms with Crippen molar-refractivity contribution in [1.82, 2.24) is 10.9 Å². The van der Waals surface area contributed by atoms with Crippen LogP contribution >= 0.6 is 0 Å². The number of hydrogen-bond acceptors (Lipinski definition) is 6. The van der Waals surface area contributed by atoms with Crippen LogP contribution in [0.25, 0.3) is 0 Å². The first-order valence-corrected chi connectivity index (χ1v) is 11.4.